The minimum Gasteiger partial charge on any atom is -0.487 e. The summed E-state index contributed by atoms with van der Waals surface area (Å²) in [5, 5.41) is 11.1. The topological polar surface area (TPSA) is 78.4 Å². The van der Waals surface area contributed by atoms with Gasteiger partial charge in [0.1, 0.15) is 0 Å². The number of hydrogen-bond donors (Lipinski definition) is 1. The molecule has 0 heterocycles. The average molecular weight is 278 g/mol. The van der Waals surface area contributed by atoms with Gasteiger partial charge in [0, 0.05) is 6.07 Å². The van der Waals surface area contributed by atoms with Crippen LogP contribution in [0.1, 0.15) is 31.2 Å². The average Bonchev–Trinajstić information content (AvgIpc) is 2.46. The SMILES string of the molecule is Cc1ccc(OCC2CCCCC2CN)c([N+](=O)[O-])c1. The molecule has 0 aliphatic heterocycles. The molecule has 2 rings (SSSR count). The van der Waals surface area contributed by atoms with Crippen LogP contribution in [0.4, 0.5) is 5.69 Å². The van der Waals surface area contributed by atoms with E-state index in [-0.39, 0.29) is 10.6 Å². The second kappa shape index (κ2) is 6.70. The summed E-state index contributed by atoms with van der Waals surface area (Å²) in [5.74, 6) is 1.25. The number of aryl methyl sites for hydroxylation is 1. The fourth-order valence-corrected chi connectivity index (χ4v) is 2.90. The zero-order chi connectivity index (χ0) is 14.5. The minimum absolute atomic E-state index is 0.0464. The summed E-state index contributed by atoms with van der Waals surface area (Å²) in [7, 11) is 0. The van der Waals surface area contributed by atoms with E-state index in [1.807, 2.05) is 13.0 Å². The van der Waals surface area contributed by atoms with Gasteiger partial charge in [0.15, 0.2) is 5.75 Å². The van der Waals surface area contributed by atoms with Crippen LogP contribution in [0.3, 0.4) is 0 Å². The highest BCUT2D eigenvalue weighted by Crippen LogP contribution is 2.32. The van der Waals surface area contributed by atoms with Crippen molar-refractivity contribution >= 4 is 5.69 Å². The van der Waals surface area contributed by atoms with Crippen LogP contribution in [0.25, 0.3) is 0 Å². The zero-order valence-corrected chi connectivity index (χ0v) is 11.9. The summed E-state index contributed by atoms with van der Waals surface area (Å²) in [4.78, 5) is 10.7. The van der Waals surface area contributed by atoms with Crippen LogP contribution >= 0.6 is 0 Å². The quantitative estimate of drug-likeness (QED) is 0.663. The first-order valence-corrected chi connectivity index (χ1v) is 7.19. The van der Waals surface area contributed by atoms with E-state index < -0.39 is 0 Å². The van der Waals surface area contributed by atoms with Crippen molar-refractivity contribution in [2.24, 2.45) is 17.6 Å². The van der Waals surface area contributed by atoms with Crippen LogP contribution in [0, 0.1) is 28.9 Å². The molecule has 0 amide bonds. The normalized spacial score (nSPS) is 22.5. The summed E-state index contributed by atoms with van der Waals surface area (Å²) in [5.41, 5.74) is 6.71. The molecule has 0 spiro atoms. The number of nitrogens with zero attached hydrogens (tertiary/aromatic N) is 1. The first kappa shape index (κ1) is 14.8. The maximum absolute atomic E-state index is 11.1. The van der Waals surface area contributed by atoms with Gasteiger partial charge in [0.05, 0.1) is 11.5 Å². The molecule has 1 fully saturated rings. The highest BCUT2D eigenvalue weighted by atomic mass is 16.6. The van der Waals surface area contributed by atoms with Crippen molar-refractivity contribution in [3.63, 3.8) is 0 Å². The monoisotopic (exact) mass is 278 g/mol. The number of nitro groups is 1. The smallest absolute Gasteiger partial charge is 0.311 e. The van der Waals surface area contributed by atoms with Gasteiger partial charge in [-0.3, -0.25) is 10.1 Å². The van der Waals surface area contributed by atoms with E-state index in [2.05, 4.69) is 0 Å². The van der Waals surface area contributed by atoms with E-state index in [4.69, 9.17) is 10.5 Å². The Balaban J connectivity index is 2.04. The van der Waals surface area contributed by atoms with Crippen LogP contribution in [0.15, 0.2) is 18.2 Å². The van der Waals surface area contributed by atoms with Crippen molar-refractivity contribution in [3.05, 3.63) is 33.9 Å². The van der Waals surface area contributed by atoms with Gasteiger partial charge in [-0.2, -0.15) is 0 Å². The van der Waals surface area contributed by atoms with Gasteiger partial charge >= 0.3 is 5.69 Å². The maximum atomic E-state index is 11.1. The highest BCUT2D eigenvalue weighted by Gasteiger charge is 2.25. The summed E-state index contributed by atoms with van der Waals surface area (Å²) in [6.45, 7) is 3.03. The summed E-state index contributed by atoms with van der Waals surface area (Å²) in [6, 6.07) is 5.08. The summed E-state index contributed by atoms with van der Waals surface area (Å²) >= 11 is 0. The van der Waals surface area contributed by atoms with Crippen molar-refractivity contribution in [2.75, 3.05) is 13.2 Å². The Kier molecular flexibility index (Phi) is 4.95. The standard InChI is InChI=1S/C15H22N2O3/c1-11-6-7-15(14(8-11)17(18)19)20-10-13-5-3-2-4-12(13)9-16/h6-8,12-13H,2-5,9-10,16H2,1H3. The van der Waals surface area contributed by atoms with E-state index in [0.717, 1.165) is 18.4 Å². The Morgan fingerprint density at radius 2 is 2.05 bits per heavy atom. The molecule has 0 radical (unpaired) electrons. The van der Waals surface area contributed by atoms with Gasteiger partial charge in [-0.15, -0.1) is 0 Å². The fraction of sp³-hybridized carbons (Fsp3) is 0.600. The second-order valence-electron chi connectivity index (χ2n) is 5.58. The van der Waals surface area contributed by atoms with Crippen LogP contribution < -0.4 is 10.5 Å². The van der Waals surface area contributed by atoms with Gasteiger partial charge in [-0.1, -0.05) is 18.9 Å². The van der Waals surface area contributed by atoms with Crippen molar-refractivity contribution < 1.29 is 9.66 Å². The first-order chi connectivity index (χ1) is 9.61. The van der Waals surface area contributed by atoms with Crippen LogP contribution in [-0.4, -0.2) is 18.1 Å². The third-order valence-electron chi connectivity index (χ3n) is 4.13. The number of hydrogen-bond acceptors (Lipinski definition) is 4. The molecule has 2 atom stereocenters. The van der Waals surface area contributed by atoms with E-state index in [0.29, 0.717) is 30.7 Å². The molecule has 2 N–H and O–H groups in total. The maximum Gasteiger partial charge on any atom is 0.311 e. The third-order valence-corrected chi connectivity index (χ3v) is 4.13. The van der Waals surface area contributed by atoms with E-state index in [1.165, 1.54) is 12.8 Å². The first-order valence-electron chi connectivity index (χ1n) is 7.19. The molecule has 110 valence electrons. The zero-order valence-electron chi connectivity index (χ0n) is 11.9. The molecule has 0 aromatic heterocycles. The molecule has 2 unspecified atom stereocenters. The number of ether oxygens (including phenoxy) is 1. The van der Waals surface area contributed by atoms with E-state index in [9.17, 15) is 10.1 Å². The van der Waals surface area contributed by atoms with E-state index >= 15 is 0 Å². The Labute approximate surface area is 119 Å². The van der Waals surface area contributed by atoms with Gasteiger partial charge < -0.3 is 10.5 Å². The van der Waals surface area contributed by atoms with Crippen LogP contribution in [0.2, 0.25) is 0 Å². The summed E-state index contributed by atoms with van der Waals surface area (Å²) in [6.07, 6.45) is 4.66. The third kappa shape index (κ3) is 3.48. The molecule has 1 aliphatic rings. The molecule has 1 aliphatic carbocycles. The Bertz CT molecular complexity index is 476. The van der Waals surface area contributed by atoms with Crippen LogP contribution in [-0.2, 0) is 0 Å². The lowest BCUT2D eigenvalue weighted by Gasteiger charge is -2.30. The van der Waals surface area contributed by atoms with Gasteiger partial charge in [0.25, 0.3) is 0 Å². The molecule has 5 heteroatoms. The second-order valence-corrected chi connectivity index (χ2v) is 5.58. The Morgan fingerprint density at radius 1 is 1.35 bits per heavy atom. The van der Waals surface area contributed by atoms with Crippen molar-refractivity contribution in [1.29, 1.82) is 0 Å². The van der Waals surface area contributed by atoms with Crippen molar-refractivity contribution in [2.45, 2.75) is 32.6 Å². The number of nitrogens with two attached hydrogens (primary N) is 1. The predicted octanol–water partition coefficient (Wildman–Crippen LogP) is 3.05. The molecular weight excluding hydrogens is 256 g/mol. The molecule has 1 aromatic rings. The molecular formula is C15H22N2O3. The highest BCUT2D eigenvalue weighted by molar-refractivity contribution is 5.48. The molecule has 5 nitrogen and oxygen atoms in total. The Morgan fingerprint density at radius 3 is 2.70 bits per heavy atom. The largest absolute Gasteiger partial charge is 0.487 e. The van der Waals surface area contributed by atoms with Gasteiger partial charge in [0.2, 0.25) is 0 Å². The van der Waals surface area contributed by atoms with Gasteiger partial charge in [-0.05, 0) is 49.8 Å². The lowest BCUT2D eigenvalue weighted by molar-refractivity contribution is -0.386. The molecule has 1 aromatic carbocycles. The van der Waals surface area contributed by atoms with Crippen molar-refractivity contribution in [3.8, 4) is 5.75 Å². The molecule has 0 saturated heterocycles. The van der Waals surface area contributed by atoms with Gasteiger partial charge in [-0.25, -0.2) is 0 Å². The Hall–Kier alpha value is -1.62. The van der Waals surface area contributed by atoms with Crippen LogP contribution in [0.5, 0.6) is 5.75 Å². The number of rotatable bonds is 5. The minimum atomic E-state index is -0.385. The predicted molar refractivity (Wildman–Crippen MR) is 77.8 cm³/mol. The molecule has 0 bridgehead atoms. The number of nitro benzene ring substituents is 1. The van der Waals surface area contributed by atoms with Crippen molar-refractivity contribution in [1.82, 2.24) is 0 Å². The lowest BCUT2D eigenvalue weighted by Crippen LogP contribution is -2.30. The molecule has 20 heavy (non-hydrogen) atoms. The lowest BCUT2D eigenvalue weighted by atomic mass is 9.80. The summed E-state index contributed by atoms with van der Waals surface area (Å²) < 4.78 is 5.73. The molecule has 1 saturated carbocycles. The fourth-order valence-electron chi connectivity index (χ4n) is 2.90. The number of benzene rings is 1. The van der Waals surface area contributed by atoms with E-state index in [1.54, 1.807) is 12.1 Å².